The summed E-state index contributed by atoms with van der Waals surface area (Å²) in [4.78, 5) is 3.18. The molecule has 2 rings (SSSR count). The lowest BCUT2D eigenvalue weighted by Gasteiger charge is -2.22. The zero-order valence-corrected chi connectivity index (χ0v) is 8.59. The molecule has 1 aromatic heterocycles. The summed E-state index contributed by atoms with van der Waals surface area (Å²) in [6.45, 7) is 1.08. The number of likely N-dealkylation sites (N-methyl/N-ethyl adjacent to an activating group) is 1. The van der Waals surface area contributed by atoms with Gasteiger partial charge in [-0.15, -0.1) is 11.3 Å². The SMILES string of the molecule is CN1CCC[C@@H]1C([O])c1cccs1. The van der Waals surface area contributed by atoms with E-state index in [4.69, 9.17) is 0 Å². The molecule has 1 aliphatic heterocycles. The van der Waals surface area contributed by atoms with Gasteiger partial charge in [-0.2, -0.15) is 0 Å². The van der Waals surface area contributed by atoms with Crippen LogP contribution in [0.4, 0.5) is 0 Å². The average molecular weight is 196 g/mol. The summed E-state index contributed by atoms with van der Waals surface area (Å²) in [5, 5.41) is 14.0. The van der Waals surface area contributed by atoms with E-state index in [1.165, 1.54) is 6.42 Å². The quantitative estimate of drug-likeness (QED) is 0.712. The molecule has 13 heavy (non-hydrogen) atoms. The van der Waals surface area contributed by atoms with Crippen LogP contribution in [0.15, 0.2) is 17.5 Å². The molecule has 0 saturated carbocycles. The summed E-state index contributed by atoms with van der Waals surface area (Å²) in [7, 11) is 2.05. The van der Waals surface area contributed by atoms with Gasteiger partial charge < -0.3 is 4.90 Å². The van der Waals surface area contributed by atoms with E-state index in [0.29, 0.717) is 0 Å². The summed E-state index contributed by atoms with van der Waals surface area (Å²) in [5.41, 5.74) is 0. The lowest BCUT2D eigenvalue weighted by molar-refractivity contribution is 0.0263. The molecule has 1 fully saturated rings. The Labute approximate surface area is 82.8 Å². The Balaban J connectivity index is 2.08. The molecule has 0 aliphatic carbocycles. The molecule has 1 saturated heterocycles. The molecule has 0 amide bonds. The second-order valence-corrected chi connectivity index (χ2v) is 4.61. The van der Waals surface area contributed by atoms with Gasteiger partial charge >= 0.3 is 0 Å². The third-order valence-electron chi connectivity index (χ3n) is 2.75. The molecule has 71 valence electrons. The van der Waals surface area contributed by atoms with Crippen molar-refractivity contribution in [3.05, 3.63) is 22.4 Å². The van der Waals surface area contributed by atoms with Crippen molar-refractivity contribution in [3.8, 4) is 0 Å². The van der Waals surface area contributed by atoms with Gasteiger partial charge in [0.05, 0.1) is 0 Å². The van der Waals surface area contributed by atoms with Crippen LogP contribution < -0.4 is 0 Å². The Hall–Kier alpha value is -0.380. The maximum Gasteiger partial charge on any atom is 0.142 e. The standard InChI is InChI=1S/C10H14NOS/c1-11-6-2-4-8(11)10(12)9-5-3-7-13-9/h3,5,7-8,10H,2,4,6H2,1H3/t8-,10?/m1/s1. The first-order valence-electron chi connectivity index (χ1n) is 4.68. The number of thiophene rings is 1. The van der Waals surface area contributed by atoms with Gasteiger partial charge in [-0.05, 0) is 37.9 Å². The second kappa shape index (κ2) is 3.78. The summed E-state index contributed by atoms with van der Waals surface area (Å²) in [6.07, 6.45) is 1.70. The fraction of sp³-hybridized carbons (Fsp3) is 0.600. The second-order valence-electron chi connectivity index (χ2n) is 3.63. The topological polar surface area (TPSA) is 23.1 Å². The molecular weight excluding hydrogens is 182 g/mol. The molecule has 0 bridgehead atoms. The van der Waals surface area contributed by atoms with Gasteiger partial charge in [0.25, 0.3) is 0 Å². The summed E-state index contributed by atoms with van der Waals surface area (Å²) in [5.74, 6) is 0. The predicted octanol–water partition coefficient (Wildman–Crippen LogP) is 2.31. The van der Waals surface area contributed by atoms with Gasteiger partial charge in [0.1, 0.15) is 6.10 Å². The maximum atomic E-state index is 12.0. The zero-order chi connectivity index (χ0) is 9.26. The number of rotatable bonds is 2. The lowest BCUT2D eigenvalue weighted by atomic mass is 10.1. The highest BCUT2D eigenvalue weighted by Crippen LogP contribution is 2.30. The fourth-order valence-corrected chi connectivity index (χ4v) is 2.72. The monoisotopic (exact) mass is 196 g/mol. The summed E-state index contributed by atoms with van der Waals surface area (Å²) in [6, 6.07) is 4.13. The minimum atomic E-state index is -0.535. The van der Waals surface area contributed by atoms with Gasteiger partial charge in [0.2, 0.25) is 0 Å². The molecule has 1 aromatic rings. The molecular formula is C10H14NOS. The van der Waals surface area contributed by atoms with Gasteiger partial charge in [0.15, 0.2) is 0 Å². The molecule has 2 atom stereocenters. The Morgan fingerprint density at radius 1 is 1.69 bits per heavy atom. The van der Waals surface area contributed by atoms with E-state index in [9.17, 15) is 5.11 Å². The Kier molecular flexibility index (Phi) is 2.67. The van der Waals surface area contributed by atoms with Crippen molar-refractivity contribution in [2.75, 3.05) is 13.6 Å². The van der Waals surface area contributed by atoms with E-state index in [1.807, 2.05) is 17.5 Å². The maximum absolute atomic E-state index is 12.0. The molecule has 1 radical (unpaired) electrons. The van der Waals surface area contributed by atoms with Crippen molar-refractivity contribution >= 4 is 11.3 Å². The van der Waals surface area contributed by atoms with Gasteiger partial charge in [-0.1, -0.05) is 6.07 Å². The van der Waals surface area contributed by atoms with Crippen molar-refractivity contribution in [2.24, 2.45) is 0 Å². The molecule has 3 heteroatoms. The predicted molar refractivity (Wildman–Crippen MR) is 53.4 cm³/mol. The molecule has 1 aliphatic rings. The first kappa shape index (κ1) is 9.19. The highest BCUT2D eigenvalue weighted by Gasteiger charge is 2.30. The van der Waals surface area contributed by atoms with E-state index in [1.54, 1.807) is 11.3 Å². The average Bonchev–Trinajstić information content (AvgIpc) is 2.72. The molecule has 0 spiro atoms. The highest BCUT2D eigenvalue weighted by atomic mass is 32.1. The number of likely N-dealkylation sites (tertiary alicyclic amines) is 1. The largest absolute Gasteiger partial charge is 0.300 e. The first-order chi connectivity index (χ1) is 6.29. The van der Waals surface area contributed by atoms with Crippen LogP contribution in [0.25, 0.3) is 0 Å². The smallest absolute Gasteiger partial charge is 0.142 e. The summed E-state index contributed by atoms with van der Waals surface area (Å²) < 4.78 is 0. The van der Waals surface area contributed by atoms with Crippen molar-refractivity contribution in [1.29, 1.82) is 0 Å². The molecule has 0 N–H and O–H groups in total. The minimum Gasteiger partial charge on any atom is -0.300 e. The van der Waals surface area contributed by atoms with E-state index in [0.717, 1.165) is 17.8 Å². The van der Waals surface area contributed by atoms with Gasteiger partial charge in [0, 0.05) is 10.9 Å². The molecule has 2 nitrogen and oxygen atoms in total. The number of nitrogens with zero attached hydrogens (tertiary/aromatic N) is 1. The van der Waals surface area contributed by atoms with Crippen molar-refractivity contribution in [1.82, 2.24) is 4.90 Å². The van der Waals surface area contributed by atoms with Crippen molar-refractivity contribution in [3.63, 3.8) is 0 Å². The summed E-state index contributed by atoms with van der Waals surface area (Å²) >= 11 is 1.58. The third-order valence-corrected chi connectivity index (χ3v) is 3.68. The molecule has 0 aromatic carbocycles. The van der Waals surface area contributed by atoms with Crippen LogP contribution in [0.5, 0.6) is 0 Å². The van der Waals surface area contributed by atoms with Gasteiger partial charge in [-0.3, -0.25) is 0 Å². The number of hydrogen-bond acceptors (Lipinski definition) is 2. The van der Waals surface area contributed by atoms with E-state index in [-0.39, 0.29) is 6.04 Å². The Bertz CT molecular complexity index is 260. The van der Waals surface area contributed by atoms with Crippen LogP contribution in [0.3, 0.4) is 0 Å². The van der Waals surface area contributed by atoms with Crippen LogP contribution in [0.1, 0.15) is 23.8 Å². The van der Waals surface area contributed by atoms with Crippen LogP contribution >= 0.6 is 11.3 Å². The van der Waals surface area contributed by atoms with Crippen LogP contribution in [-0.4, -0.2) is 24.5 Å². The van der Waals surface area contributed by atoms with E-state index >= 15 is 0 Å². The number of hydrogen-bond donors (Lipinski definition) is 0. The van der Waals surface area contributed by atoms with Crippen LogP contribution in [0.2, 0.25) is 0 Å². The Morgan fingerprint density at radius 2 is 2.54 bits per heavy atom. The lowest BCUT2D eigenvalue weighted by Crippen LogP contribution is -2.30. The Morgan fingerprint density at radius 3 is 3.08 bits per heavy atom. The molecule has 2 heterocycles. The van der Waals surface area contributed by atoms with Gasteiger partial charge in [-0.25, -0.2) is 5.11 Å². The van der Waals surface area contributed by atoms with Crippen LogP contribution in [-0.2, 0) is 5.11 Å². The zero-order valence-electron chi connectivity index (χ0n) is 7.77. The minimum absolute atomic E-state index is 0.221. The normalized spacial score (nSPS) is 26.5. The fourth-order valence-electron chi connectivity index (χ4n) is 1.96. The van der Waals surface area contributed by atoms with Crippen molar-refractivity contribution in [2.45, 2.75) is 25.0 Å². The highest BCUT2D eigenvalue weighted by molar-refractivity contribution is 7.10. The van der Waals surface area contributed by atoms with Crippen molar-refractivity contribution < 1.29 is 5.11 Å². The molecule has 1 unspecified atom stereocenters. The van der Waals surface area contributed by atoms with Crippen LogP contribution in [0, 0.1) is 0 Å². The van der Waals surface area contributed by atoms with E-state index < -0.39 is 6.10 Å². The first-order valence-corrected chi connectivity index (χ1v) is 5.56. The van der Waals surface area contributed by atoms with E-state index in [2.05, 4.69) is 11.9 Å². The third kappa shape index (κ3) is 1.77.